The first-order valence-electron chi connectivity index (χ1n) is 7.85. The van der Waals surface area contributed by atoms with Gasteiger partial charge in [-0.3, -0.25) is 0 Å². The molecule has 25 heavy (non-hydrogen) atoms. The number of carbonyl (C=O) groups excluding carboxylic acids is 1. The largest absolute Gasteiger partial charge is 0.486 e. The van der Waals surface area contributed by atoms with Crippen LogP contribution in [0.2, 0.25) is 5.02 Å². The molecule has 1 N–H and O–H groups in total. The van der Waals surface area contributed by atoms with E-state index in [0.29, 0.717) is 23.1 Å². The van der Waals surface area contributed by atoms with E-state index in [0.717, 1.165) is 0 Å². The van der Waals surface area contributed by atoms with E-state index < -0.39 is 5.82 Å². The molecule has 0 aromatic heterocycles. The third-order valence-corrected chi connectivity index (χ3v) is 4.21. The second kappa shape index (κ2) is 7.61. The highest BCUT2D eigenvalue weighted by molar-refractivity contribution is 6.31. The molecular weight excluding hydrogens is 347 g/mol. The van der Waals surface area contributed by atoms with Gasteiger partial charge < -0.3 is 19.7 Å². The van der Waals surface area contributed by atoms with Gasteiger partial charge >= 0.3 is 6.03 Å². The third-order valence-electron chi connectivity index (χ3n) is 3.85. The van der Waals surface area contributed by atoms with E-state index in [1.807, 2.05) is 24.3 Å². The molecule has 0 saturated carbocycles. The first kappa shape index (κ1) is 17.4. The molecule has 2 aromatic carbocycles. The molecule has 0 radical (unpaired) electrons. The number of halogens is 2. The highest BCUT2D eigenvalue weighted by atomic mass is 35.5. The summed E-state index contributed by atoms with van der Waals surface area (Å²) in [5.74, 6) is 0.906. The van der Waals surface area contributed by atoms with Gasteiger partial charge in [-0.05, 0) is 24.3 Å². The number of hydrogen-bond donors (Lipinski definition) is 1. The lowest BCUT2D eigenvalue weighted by atomic mass is 10.2. The molecule has 1 heterocycles. The van der Waals surface area contributed by atoms with Crippen LogP contribution in [0.4, 0.5) is 9.18 Å². The van der Waals surface area contributed by atoms with E-state index in [1.165, 1.54) is 17.0 Å². The number of ether oxygens (including phenoxy) is 2. The highest BCUT2D eigenvalue weighted by Crippen LogP contribution is 2.30. The maximum Gasteiger partial charge on any atom is 0.317 e. The summed E-state index contributed by atoms with van der Waals surface area (Å²) in [4.78, 5) is 13.6. The summed E-state index contributed by atoms with van der Waals surface area (Å²) in [7, 11) is 1.58. The summed E-state index contributed by atoms with van der Waals surface area (Å²) in [6.07, 6.45) is -0.288. The fourth-order valence-corrected chi connectivity index (χ4v) is 2.71. The number of carbonyl (C=O) groups is 1. The van der Waals surface area contributed by atoms with Crippen molar-refractivity contribution in [2.45, 2.75) is 12.6 Å². The normalized spacial score (nSPS) is 15.6. The van der Waals surface area contributed by atoms with Gasteiger partial charge in [-0.1, -0.05) is 29.8 Å². The lowest BCUT2D eigenvalue weighted by molar-refractivity contribution is 0.0904. The zero-order chi connectivity index (χ0) is 17.8. The van der Waals surface area contributed by atoms with Gasteiger partial charge in [0.2, 0.25) is 0 Å². The molecule has 5 nitrogen and oxygen atoms in total. The Kier molecular flexibility index (Phi) is 5.28. The minimum absolute atomic E-state index is 0.0716. The lowest BCUT2D eigenvalue weighted by Gasteiger charge is -2.27. The summed E-state index contributed by atoms with van der Waals surface area (Å²) in [5, 5.41) is 3.05. The molecule has 1 aliphatic rings. The van der Waals surface area contributed by atoms with Crippen molar-refractivity contribution in [2.75, 3.05) is 20.2 Å². The van der Waals surface area contributed by atoms with Crippen LogP contribution in [0.15, 0.2) is 42.5 Å². The van der Waals surface area contributed by atoms with Crippen molar-refractivity contribution in [3.8, 4) is 11.5 Å². The predicted molar refractivity (Wildman–Crippen MR) is 92.6 cm³/mol. The van der Waals surface area contributed by atoms with Crippen LogP contribution in [-0.2, 0) is 6.54 Å². The van der Waals surface area contributed by atoms with E-state index in [4.69, 9.17) is 21.1 Å². The van der Waals surface area contributed by atoms with Crippen LogP contribution in [0.5, 0.6) is 11.5 Å². The molecule has 132 valence electrons. The van der Waals surface area contributed by atoms with Gasteiger partial charge in [0.25, 0.3) is 0 Å². The van der Waals surface area contributed by atoms with Crippen molar-refractivity contribution in [2.24, 2.45) is 0 Å². The van der Waals surface area contributed by atoms with E-state index in [9.17, 15) is 9.18 Å². The Morgan fingerprint density at radius 3 is 2.80 bits per heavy atom. The van der Waals surface area contributed by atoms with Crippen LogP contribution >= 0.6 is 11.6 Å². The van der Waals surface area contributed by atoms with Crippen molar-refractivity contribution in [1.82, 2.24) is 10.2 Å². The second-order valence-electron chi connectivity index (χ2n) is 5.74. The smallest absolute Gasteiger partial charge is 0.317 e. The van der Waals surface area contributed by atoms with Crippen LogP contribution in [0.1, 0.15) is 5.56 Å². The van der Waals surface area contributed by atoms with Gasteiger partial charge in [0.15, 0.2) is 17.6 Å². The quantitative estimate of drug-likeness (QED) is 0.903. The van der Waals surface area contributed by atoms with Gasteiger partial charge in [0.1, 0.15) is 12.4 Å². The minimum Gasteiger partial charge on any atom is -0.486 e. The predicted octanol–water partition coefficient (Wildman–Crippen LogP) is 3.46. The van der Waals surface area contributed by atoms with E-state index in [1.54, 1.807) is 13.1 Å². The first-order valence-corrected chi connectivity index (χ1v) is 8.22. The van der Waals surface area contributed by atoms with Crippen LogP contribution in [0.3, 0.4) is 0 Å². The molecule has 2 aromatic rings. The average Bonchev–Trinajstić information content (AvgIpc) is 2.62. The number of hydrogen-bond acceptors (Lipinski definition) is 3. The van der Waals surface area contributed by atoms with Gasteiger partial charge in [0, 0.05) is 17.6 Å². The maximum atomic E-state index is 13.8. The topological polar surface area (TPSA) is 50.8 Å². The molecule has 0 saturated heterocycles. The molecule has 0 spiro atoms. The number of benzene rings is 2. The molecule has 1 atom stereocenters. The highest BCUT2D eigenvalue weighted by Gasteiger charge is 2.22. The molecule has 1 aliphatic heterocycles. The Balaban J connectivity index is 1.53. The summed E-state index contributed by atoms with van der Waals surface area (Å²) in [6.45, 7) is 0.699. The summed E-state index contributed by atoms with van der Waals surface area (Å²) >= 11 is 5.99. The average molecular weight is 365 g/mol. The number of rotatable bonds is 4. The number of nitrogens with one attached hydrogen (secondary N) is 1. The number of urea groups is 1. The zero-order valence-electron chi connectivity index (χ0n) is 13.7. The molecule has 0 unspecified atom stereocenters. The van der Waals surface area contributed by atoms with E-state index in [-0.39, 0.29) is 30.8 Å². The van der Waals surface area contributed by atoms with Crippen molar-refractivity contribution in [3.05, 3.63) is 58.9 Å². The van der Waals surface area contributed by atoms with Gasteiger partial charge in [-0.2, -0.15) is 0 Å². The van der Waals surface area contributed by atoms with Crippen molar-refractivity contribution in [1.29, 1.82) is 0 Å². The third kappa shape index (κ3) is 4.14. The zero-order valence-corrected chi connectivity index (χ0v) is 14.4. The van der Waals surface area contributed by atoms with Gasteiger partial charge in [0.05, 0.1) is 13.1 Å². The second-order valence-corrected chi connectivity index (χ2v) is 6.15. The number of para-hydroxylation sites is 2. The SMILES string of the molecule is CN(Cc1c(F)cccc1Cl)C(=O)NC[C@H]1COc2ccccc2O1. The molecule has 0 bridgehead atoms. The van der Waals surface area contributed by atoms with Gasteiger partial charge in [-0.25, -0.2) is 9.18 Å². The number of nitrogens with zero attached hydrogens (tertiary/aromatic N) is 1. The summed E-state index contributed by atoms with van der Waals surface area (Å²) < 4.78 is 25.2. The van der Waals surface area contributed by atoms with Crippen LogP contribution in [0.25, 0.3) is 0 Å². The fourth-order valence-electron chi connectivity index (χ4n) is 2.49. The Morgan fingerprint density at radius 2 is 2.04 bits per heavy atom. The number of amides is 2. The minimum atomic E-state index is -0.437. The lowest BCUT2D eigenvalue weighted by Crippen LogP contribution is -2.45. The van der Waals surface area contributed by atoms with Crippen LogP contribution in [-0.4, -0.2) is 37.2 Å². The van der Waals surface area contributed by atoms with E-state index in [2.05, 4.69) is 5.32 Å². The molecule has 0 aliphatic carbocycles. The first-order chi connectivity index (χ1) is 12.0. The fraction of sp³-hybridized carbons (Fsp3) is 0.278. The van der Waals surface area contributed by atoms with Crippen molar-refractivity contribution >= 4 is 17.6 Å². The Morgan fingerprint density at radius 1 is 1.28 bits per heavy atom. The molecule has 3 rings (SSSR count). The van der Waals surface area contributed by atoms with Crippen LogP contribution < -0.4 is 14.8 Å². The Bertz CT molecular complexity index is 751. The van der Waals surface area contributed by atoms with Gasteiger partial charge in [-0.15, -0.1) is 0 Å². The molecule has 0 fully saturated rings. The van der Waals surface area contributed by atoms with Crippen molar-refractivity contribution < 1.29 is 18.7 Å². The standard InChI is InChI=1S/C18H18ClFN2O3/c1-22(10-13-14(19)5-4-6-15(13)20)18(23)21-9-12-11-24-16-7-2-3-8-17(16)25-12/h2-8,12H,9-11H2,1H3,(H,21,23)/t12-/m0/s1. The molecule has 7 heteroatoms. The Labute approximate surface area is 150 Å². The Hall–Kier alpha value is -2.47. The molecular formula is C18H18ClFN2O3. The summed E-state index contributed by atoms with van der Waals surface area (Å²) in [5.41, 5.74) is 0.285. The summed E-state index contributed by atoms with van der Waals surface area (Å²) in [6, 6.07) is 11.5. The molecule has 2 amide bonds. The maximum absolute atomic E-state index is 13.8. The monoisotopic (exact) mass is 364 g/mol. The van der Waals surface area contributed by atoms with Crippen molar-refractivity contribution in [3.63, 3.8) is 0 Å². The number of fused-ring (bicyclic) bond motifs is 1. The van der Waals surface area contributed by atoms with E-state index >= 15 is 0 Å². The van der Waals surface area contributed by atoms with Crippen LogP contribution in [0, 0.1) is 5.82 Å².